The molecule has 0 unspecified atom stereocenters. The molecule has 3 aromatic carbocycles. The molecule has 0 saturated heterocycles. The van der Waals surface area contributed by atoms with E-state index < -0.39 is 0 Å². The van der Waals surface area contributed by atoms with E-state index in [4.69, 9.17) is 16.3 Å². The highest BCUT2D eigenvalue weighted by molar-refractivity contribution is 6.31. The first kappa shape index (κ1) is 27.3. The lowest BCUT2D eigenvalue weighted by molar-refractivity contribution is -0.132. The quantitative estimate of drug-likeness (QED) is 0.232. The summed E-state index contributed by atoms with van der Waals surface area (Å²) in [5.74, 6) is 0.431. The van der Waals surface area contributed by atoms with Gasteiger partial charge in [-0.3, -0.25) is 9.59 Å². The molecule has 0 radical (unpaired) electrons. The summed E-state index contributed by atoms with van der Waals surface area (Å²) in [5, 5.41) is 1.65. The van der Waals surface area contributed by atoms with Crippen LogP contribution in [0.3, 0.4) is 0 Å². The normalized spacial score (nSPS) is 10.9. The second-order valence-electron chi connectivity index (χ2n) is 9.33. The molecule has 7 heteroatoms. The number of carbonyl (C=O) groups excluding carboxylic acids is 2. The number of ether oxygens (including phenoxy) is 1. The zero-order chi connectivity index (χ0) is 26.9. The van der Waals surface area contributed by atoms with E-state index in [2.05, 4.69) is 18.0 Å². The Balaban J connectivity index is 1.57. The largest absolute Gasteiger partial charge is 0.496 e. The summed E-state index contributed by atoms with van der Waals surface area (Å²) in [5.41, 5.74) is 3.62. The number of amides is 2. The van der Waals surface area contributed by atoms with Crippen molar-refractivity contribution in [2.24, 2.45) is 0 Å². The van der Waals surface area contributed by atoms with Gasteiger partial charge in [0.2, 0.25) is 5.91 Å². The van der Waals surface area contributed by atoms with Crippen LogP contribution in [0.2, 0.25) is 5.02 Å². The van der Waals surface area contributed by atoms with Gasteiger partial charge in [0.25, 0.3) is 5.91 Å². The van der Waals surface area contributed by atoms with Gasteiger partial charge < -0.3 is 19.5 Å². The molecule has 1 heterocycles. The third-order valence-corrected chi connectivity index (χ3v) is 6.93. The molecule has 0 saturated carbocycles. The number of nitrogens with zero attached hydrogens (tertiary/aromatic N) is 2. The Morgan fingerprint density at radius 2 is 1.71 bits per heavy atom. The lowest BCUT2D eigenvalue weighted by Crippen LogP contribution is -2.43. The van der Waals surface area contributed by atoms with E-state index in [0.717, 1.165) is 40.6 Å². The molecule has 1 aromatic heterocycles. The number of rotatable bonds is 12. The summed E-state index contributed by atoms with van der Waals surface area (Å²) in [6, 6.07) is 22.7. The van der Waals surface area contributed by atoms with Gasteiger partial charge in [-0.15, -0.1) is 0 Å². The highest BCUT2D eigenvalue weighted by Crippen LogP contribution is 2.22. The summed E-state index contributed by atoms with van der Waals surface area (Å²) in [6.07, 6.45) is 4.41. The van der Waals surface area contributed by atoms with Gasteiger partial charge in [-0.2, -0.15) is 0 Å². The van der Waals surface area contributed by atoms with E-state index in [-0.39, 0.29) is 18.4 Å². The monoisotopic (exact) mass is 531 g/mol. The summed E-state index contributed by atoms with van der Waals surface area (Å²) in [6.45, 7) is 3.45. The second kappa shape index (κ2) is 13.2. The van der Waals surface area contributed by atoms with Crippen LogP contribution in [0.1, 0.15) is 41.3 Å². The van der Waals surface area contributed by atoms with Crippen molar-refractivity contribution in [1.82, 2.24) is 14.8 Å². The molecule has 0 aliphatic rings. The number of nitrogens with one attached hydrogen (secondary N) is 1. The number of aromatic nitrogens is 1. The average Bonchev–Trinajstić information content (AvgIpc) is 3.36. The number of fused-ring (bicyclic) bond motifs is 1. The van der Waals surface area contributed by atoms with Crippen LogP contribution in [0.15, 0.2) is 79.0 Å². The Morgan fingerprint density at radius 3 is 2.50 bits per heavy atom. The van der Waals surface area contributed by atoms with Gasteiger partial charge in [0.15, 0.2) is 0 Å². The molecule has 6 nitrogen and oxygen atoms in total. The predicted octanol–water partition coefficient (Wildman–Crippen LogP) is 6.34. The van der Waals surface area contributed by atoms with E-state index >= 15 is 0 Å². The fraction of sp³-hybridized carbons (Fsp3) is 0.290. The zero-order valence-electron chi connectivity index (χ0n) is 22.0. The minimum atomic E-state index is -0.192. The van der Waals surface area contributed by atoms with E-state index in [1.165, 1.54) is 0 Å². The predicted molar refractivity (Wildman–Crippen MR) is 153 cm³/mol. The van der Waals surface area contributed by atoms with Gasteiger partial charge in [0.05, 0.1) is 7.11 Å². The van der Waals surface area contributed by atoms with Crippen LogP contribution in [0.5, 0.6) is 5.75 Å². The van der Waals surface area contributed by atoms with E-state index in [9.17, 15) is 9.59 Å². The first-order chi connectivity index (χ1) is 18.5. The van der Waals surface area contributed by atoms with Crippen molar-refractivity contribution < 1.29 is 14.3 Å². The minimum Gasteiger partial charge on any atom is -0.496 e. The zero-order valence-corrected chi connectivity index (χ0v) is 22.7. The minimum absolute atomic E-state index is 0.00558. The van der Waals surface area contributed by atoms with Gasteiger partial charge in [-0.25, -0.2) is 0 Å². The van der Waals surface area contributed by atoms with E-state index in [0.29, 0.717) is 36.6 Å². The van der Waals surface area contributed by atoms with Crippen molar-refractivity contribution in [2.75, 3.05) is 26.7 Å². The number of halogens is 1. The maximum absolute atomic E-state index is 13.8. The maximum atomic E-state index is 13.8. The summed E-state index contributed by atoms with van der Waals surface area (Å²) < 4.78 is 5.56. The molecular formula is C31H34ClN3O3. The molecule has 198 valence electrons. The van der Waals surface area contributed by atoms with Gasteiger partial charge in [0.1, 0.15) is 12.3 Å². The number of aromatic amines is 1. The Kier molecular flexibility index (Phi) is 9.44. The lowest BCUT2D eigenvalue weighted by atomic mass is 10.1. The number of benzene rings is 3. The number of carbonyl (C=O) groups is 2. The average molecular weight is 532 g/mol. The number of H-pyrrole nitrogens is 1. The van der Waals surface area contributed by atoms with Crippen LogP contribution >= 0.6 is 11.6 Å². The van der Waals surface area contributed by atoms with Crippen molar-refractivity contribution in [3.8, 4) is 5.75 Å². The molecule has 1 N–H and O–H groups in total. The molecule has 0 bridgehead atoms. The highest BCUT2D eigenvalue weighted by atomic mass is 35.5. The van der Waals surface area contributed by atoms with Crippen molar-refractivity contribution in [2.45, 2.75) is 32.7 Å². The van der Waals surface area contributed by atoms with Crippen LogP contribution in [-0.2, 0) is 17.8 Å². The number of methoxy groups -OCH3 is 1. The number of para-hydroxylation sites is 2. The van der Waals surface area contributed by atoms with Crippen molar-refractivity contribution in [3.05, 3.63) is 101 Å². The number of hydrogen-bond donors (Lipinski definition) is 1. The smallest absolute Gasteiger partial charge is 0.254 e. The van der Waals surface area contributed by atoms with E-state index in [1.54, 1.807) is 36.3 Å². The second-order valence-corrected chi connectivity index (χ2v) is 9.76. The van der Waals surface area contributed by atoms with Gasteiger partial charge in [0, 0.05) is 52.9 Å². The highest BCUT2D eigenvalue weighted by Gasteiger charge is 2.23. The summed E-state index contributed by atoms with van der Waals surface area (Å²) >= 11 is 6.14. The molecule has 0 atom stereocenters. The Bertz CT molecular complexity index is 1380. The molecule has 0 spiro atoms. The lowest BCUT2D eigenvalue weighted by Gasteiger charge is -2.28. The fourth-order valence-corrected chi connectivity index (χ4v) is 4.78. The fourth-order valence-electron chi connectivity index (χ4n) is 4.59. The molecular weight excluding hydrogens is 498 g/mol. The molecule has 4 aromatic rings. The van der Waals surface area contributed by atoms with Crippen molar-refractivity contribution in [3.63, 3.8) is 0 Å². The summed E-state index contributed by atoms with van der Waals surface area (Å²) in [4.78, 5) is 34.0. The molecule has 4 rings (SSSR count). The third-order valence-electron chi connectivity index (χ3n) is 6.70. The summed E-state index contributed by atoms with van der Waals surface area (Å²) in [7, 11) is 1.63. The molecule has 0 aliphatic heterocycles. The molecule has 2 amide bonds. The van der Waals surface area contributed by atoms with Crippen molar-refractivity contribution in [1.29, 1.82) is 0 Å². The van der Waals surface area contributed by atoms with E-state index in [1.807, 2.05) is 53.6 Å². The van der Waals surface area contributed by atoms with Gasteiger partial charge in [-0.05, 0) is 48.7 Å². The standard InChI is InChI=1S/C31H34ClN3O3/c1-3-4-17-35(31(37)23-11-9-12-26(32)19-23)22-30(36)34(21-25-10-5-8-15-29(25)38-2)18-16-24-20-33-28-14-7-6-13-27(24)28/h5-15,19-20,33H,3-4,16-18,21-22H2,1-2H3. The Hall–Kier alpha value is -3.77. The third kappa shape index (κ3) is 6.75. The first-order valence-electron chi connectivity index (χ1n) is 13.0. The van der Waals surface area contributed by atoms with Crippen LogP contribution < -0.4 is 4.74 Å². The number of hydrogen-bond acceptors (Lipinski definition) is 3. The Morgan fingerprint density at radius 1 is 0.921 bits per heavy atom. The molecule has 38 heavy (non-hydrogen) atoms. The Labute approximate surface area is 229 Å². The van der Waals surface area contributed by atoms with Crippen molar-refractivity contribution >= 4 is 34.3 Å². The maximum Gasteiger partial charge on any atom is 0.254 e. The molecule has 0 aliphatic carbocycles. The van der Waals surface area contributed by atoms with Crippen LogP contribution in [0.4, 0.5) is 0 Å². The van der Waals surface area contributed by atoms with Crippen LogP contribution in [0, 0.1) is 0 Å². The topological polar surface area (TPSA) is 65.6 Å². The van der Waals surface area contributed by atoms with Gasteiger partial charge in [-0.1, -0.05) is 67.4 Å². The SMILES string of the molecule is CCCCN(CC(=O)N(CCc1c[nH]c2ccccc12)Cc1ccccc1OC)C(=O)c1cccc(Cl)c1. The first-order valence-corrected chi connectivity index (χ1v) is 13.4. The van der Waals surface area contributed by atoms with Crippen LogP contribution in [0.25, 0.3) is 10.9 Å². The number of unbranched alkanes of at least 4 members (excludes halogenated alkanes) is 1. The van der Waals surface area contributed by atoms with Gasteiger partial charge >= 0.3 is 0 Å². The molecule has 0 fully saturated rings. The van der Waals surface area contributed by atoms with Crippen LogP contribution in [-0.4, -0.2) is 53.3 Å².